The van der Waals surface area contributed by atoms with Crippen molar-refractivity contribution in [3.8, 4) is 0 Å². The van der Waals surface area contributed by atoms with Crippen LogP contribution in [0.1, 0.15) is 17.7 Å². The van der Waals surface area contributed by atoms with Gasteiger partial charge in [-0.15, -0.1) is 0 Å². The third kappa shape index (κ3) is 3.45. The molecule has 0 spiro atoms. The van der Waals surface area contributed by atoms with E-state index in [1.807, 2.05) is 4.72 Å². The summed E-state index contributed by atoms with van der Waals surface area (Å²) in [5.74, 6) is -4.05. The third-order valence-corrected chi connectivity index (χ3v) is 5.70. The quantitative estimate of drug-likeness (QED) is 0.612. The molecule has 1 atom stereocenters. The Labute approximate surface area is 145 Å². The number of fused-ring (bicyclic) bond motifs is 1. The van der Waals surface area contributed by atoms with Gasteiger partial charge in [-0.1, -0.05) is 11.6 Å². The van der Waals surface area contributed by atoms with Crippen LogP contribution in [-0.4, -0.2) is 24.8 Å². The summed E-state index contributed by atoms with van der Waals surface area (Å²) in [5.41, 5.74) is 0.756. The van der Waals surface area contributed by atoms with Crippen LogP contribution in [0.5, 0.6) is 0 Å². The summed E-state index contributed by atoms with van der Waals surface area (Å²) < 4.78 is 79.5. The molecule has 1 unspecified atom stereocenters. The third-order valence-electron chi connectivity index (χ3n) is 4.03. The van der Waals surface area contributed by atoms with Gasteiger partial charge < -0.3 is 4.98 Å². The Hall–Kier alpha value is -1.81. The van der Waals surface area contributed by atoms with E-state index in [4.69, 9.17) is 11.6 Å². The Morgan fingerprint density at radius 1 is 1.36 bits per heavy atom. The Morgan fingerprint density at radius 3 is 2.76 bits per heavy atom. The number of anilines is 1. The van der Waals surface area contributed by atoms with Crippen molar-refractivity contribution in [2.24, 2.45) is 5.92 Å². The smallest absolute Gasteiger partial charge is 0.264 e. The van der Waals surface area contributed by atoms with Gasteiger partial charge in [0, 0.05) is 23.9 Å². The van der Waals surface area contributed by atoms with Gasteiger partial charge in [0.05, 0.1) is 5.02 Å². The zero-order chi connectivity index (χ0) is 18.4. The molecule has 0 aromatic carbocycles. The SMILES string of the molecule is O=S(=O)(Nc1nc(F)c(Cl)cc1F)c1c[nH]c2c1CCC(C(F)F)C2. The number of halogens is 5. The van der Waals surface area contributed by atoms with Crippen molar-refractivity contribution in [1.82, 2.24) is 9.97 Å². The van der Waals surface area contributed by atoms with Gasteiger partial charge >= 0.3 is 0 Å². The van der Waals surface area contributed by atoms with Crippen LogP contribution < -0.4 is 4.72 Å². The van der Waals surface area contributed by atoms with Crippen molar-refractivity contribution in [1.29, 1.82) is 0 Å². The predicted molar refractivity (Wildman–Crippen MR) is 82.3 cm³/mol. The maximum Gasteiger partial charge on any atom is 0.264 e. The van der Waals surface area contributed by atoms with Crippen molar-refractivity contribution in [3.63, 3.8) is 0 Å². The summed E-state index contributed by atoms with van der Waals surface area (Å²) in [5, 5.41) is -0.586. The van der Waals surface area contributed by atoms with E-state index >= 15 is 0 Å². The summed E-state index contributed by atoms with van der Waals surface area (Å²) in [4.78, 5) is 5.62. The van der Waals surface area contributed by atoms with E-state index in [1.54, 1.807) is 0 Å². The molecule has 0 radical (unpaired) electrons. The molecule has 2 heterocycles. The summed E-state index contributed by atoms with van der Waals surface area (Å²) in [7, 11) is -4.28. The first-order valence-electron chi connectivity index (χ1n) is 7.20. The van der Waals surface area contributed by atoms with Gasteiger partial charge in [0.15, 0.2) is 11.6 Å². The molecule has 1 aliphatic carbocycles. The second-order valence-electron chi connectivity index (χ2n) is 5.64. The average molecular weight is 398 g/mol. The molecule has 2 aromatic rings. The number of aromatic amines is 1. The second kappa shape index (κ2) is 6.49. The van der Waals surface area contributed by atoms with Crippen LogP contribution in [0.3, 0.4) is 0 Å². The molecule has 0 amide bonds. The van der Waals surface area contributed by atoms with Crippen LogP contribution >= 0.6 is 11.6 Å². The maximum atomic E-state index is 13.7. The molecular formula is C14H12ClF4N3O2S. The maximum absolute atomic E-state index is 13.7. The summed E-state index contributed by atoms with van der Waals surface area (Å²) >= 11 is 5.37. The fourth-order valence-corrected chi connectivity index (χ4v) is 4.19. The van der Waals surface area contributed by atoms with Gasteiger partial charge in [-0.2, -0.15) is 9.37 Å². The van der Waals surface area contributed by atoms with Crippen molar-refractivity contribution < 1.29 is 26.0 Å². The minimum atomic E-state index is -4.28. The fourth-order valence-electron chi connectivity index (χ4n) is 2.78. The molecule has 3 rings (SSSR count). The molecule has 2 aromatic heterocycles. The lowest BCUT2D eigenvalue weighted by molar-refractivity contribution is 0.0689. The number of rotatable bonds is 4. The van der Waals surface area contributed by atoms with Gasteiger partial charge in [-0.25, -0.2) is 21.6 Å². The van der Waals surface area contributed by atoms with Crippen molar-refractivity contribution in [2.75, 3.05) is 4.72 Å². The number of hydrogen-bond acceptors (Lipinski definition) is 3. The lowest BCUT2D eigenvalue weighted by atomic mass is 9.88. The first-order chi connectivity index (χ1) is 11.7. The number of alkyl halides is 2. The number of sulfonamides is 1. The second-order valence-corrected chi connectivity index (χ2v) is 7.70. The number of nitrogens with one attached hydrogen (secondary N) is 2. The van der Waals surface area contributed by atoms with Gasteiger partial charge in [0.25, 0.3) is 10.0 Å². The lowest BCUT2D eigenvalue weighted by Gasteiger charge is -2.22. The Morgan fingerprint density at radius 2 is 2.08 bits per heavy atom. The van der Waals surface area contributed by atoms with Crippen LogP contribution in [0, 0.1) is 17.7 Å². The zero-order valence-corrected chi connectivity index (χ0v) is 14.1. The Bertz CT molecular complexity index is 917. The van der Waals surface area contributed by atoms with Gasteiger partial charge in [-0.3, -0.25) is 4.72 Å². The molecule has 0 aliphatic heterocycles. The number of H-pyrrole nitrogens is 1. The molecule has 0 saturated carbocycles. The summed E-state index contributed by atoms with van der Waals surface area (Å²) in [6, 6.07) is 0.599. The van der Waals surface area contributed by atoms with E-state index in [0.29, 0.717) is 17.3 Å². The molecule has 0 fully saturated rings. The van der Waals surface area contributed by atoms with Crippen molar-refractivity contribution >= 4 is 27.4 Å². The number of nitrogens with zero attached hydrogens (tertiary/aromatic N) is 1. The highest BCUT2D eigenvalue weighted by atomic mass is 35.5. The monoisotopic (exact) mass is 397 g/mol. The van der Waals surface area contributed by atoms with Crippen LogP contribution in [0.25, 0.3) is 0 Å². The standard InChI is InChI=1S/C14H12ClF4N3O2S/c15-8-4-9(16)14(21-13(8)19)22-25(23,24)11-5-20-10-3-6(12(17)18)1-2-7(10)11/h4-6,12,20H,1-3H2,(H,21,22). The van der Waals surface area contributed by atoms with Crippen LogP contribution in [-0.2, 0) is 22.9 Å². The summed E-state index contributed by atoms with van der Waals surface area (Å²) in [6.45, 7) is 0. The first-order valence-corrected chi connectivity index (χ1v) is 9.06. The van der Waals surface area contributed by atoms with E-state index in [-0.39, 0.29) is 24.2 Å². The molecule has 5 nitrogen and oxygen atoms in total. The highest BCUT2D eigenvalue weighted by molar-refractivity contribution is 7.92. The first kappa shape index (κ1) is 18.0. The van der Waals surface area contributed by atoms with Gasteiger partial charge in [0.1, 0.15) is 4.90 Å². The number of aromatic nitrogens is 2. The number of hydrogen-bond donors (Lipinski definition) is 2. The van der Waals surface area contributed by atoms with Gasteiger partial charge in [0.2, 0.25) is 12.4 Å². The normalized spacial score (nSPS) is 17.6. The molecule has 0 saturated heterocycles. The zero-order valence-electron chi connectivity index (χ0n) is 12.5. The molecule has 11 heteroatoms. The van der Waals surface area contributed by atoms with E-state index in [9.17, 15) is 26.0 Å². The highest BCUT2D eigenvalue weighted by Crippen LogP contribution is 2.33. The van der Waals surface area contributed by atoms with Crippen LogP contribution in [0.15, 0.2) is 17.2 Å². The molecule has 1 aliphatic rings. The molecule has 2 N–H and O–H groups in total. The predicted octanol–water partition coefficient (Wildman–Crippen LogP) is 3.51. The molecular weight excluding hydrogens is 386 g/mol. The largest absolute Gasteiger partial charge is 0.363 e. The minimum Gasteiger partial charge on any atom is -0.363 e. The van der Waals surface area contributed by atoms with Crippen LogP contribution in [0.4, 0.5) is 23.4 Å². The van der Waals surface area contributed by atoms with E-state index in [0.717, 1.165) is 6.20 Å². The van der Waals surface area contributed by atoms with Crippen molar-refractivity contribution in [2.45, 2.75) is 30.6 Å². The molecule has 136 valence electrons. The van der Waals surface area contributed by atoms with Crippen molar-refractivity contribution in [3.05, 3.63) is 40.3 Å². The fraction of sp³-hybridized carbons (Fsp3) is 0.357. The Kier molecular flexibility index (Phi) is 4.67. The Balaban J connectivity index is 1.91. The lowest BCUT2D eigenvalue weighted by Crippen LogP contribution is -2.22. The van der Waals surface area contributed by atoms with Gasteiger partial charge in [-0.05, 0) is 24.8 Å². The summed E-state index contributed by atoms with van der Waals surface area (Å²) in [6.07, 6.45) is -1.07. The van der Waals surface area contributed by atoms with Crippen LogP contribution in [0.2, 0.25) is 5.02 Å². The highest BCUT2D eigenvalue weighted by Gasteiger charge is 2.32. The van der Waals surface area contributed by atoms with E-state index in [2.05, 4.69) is 9.97 Å². The average Bonchev–Trinajstić information content (AvgIpc) is 2.96. The molecule has 0 bridgehead atoms. The topological polar surface area (TPSA) is 74.8 Å². The minimum absolute atomic E-state index is 0.0186. The van der Waals surface area contributed by atoms with E-state index in [1.165, 1.54) is 0 Å². The van der Waals surface area contributed by atoms with E-state index < -0.39 is 45.0 Å². The number of pyridine rings is 1. The molecule has 25 heavy (non-hydrogen) atoms.